The summed E-state index contributed by atoms with van der Waals surface area (Å²) in [5, 5.41) is 9.71. The van der Waals surface area contributed by atoms with Crippen LogP contribution in [0.1, 0.15) is 31.2 Å². The van der Waals surface area contributed by atoms with E-state index in [-0.39, 0.29) is 37.2 Å². The number of hydrogen-bond acceptors (Lipinski definition) is 3. The number of nitrogens with two attached hydrogens (primary N) is 1. The van der Waals surface area contributed by atoms with Crippen molar-refractivity contribution in [2.45, 2.75) is 32.2 Å². The molecule has 0 saturated heterocycles. The lowest BCUT2D eigenvalue weighted by Crippen LogP contribution is -2.20. The van der Waals surface area contributed by atoms with Gasteiger partial charge in [-0.1, -0.05) is 42.5 Å². The molecule has 2 aromatic carbocycles. The molecule has 0 aliphatic carbocycles. The zero-order valence-electron chi connectivity index (χ0n) is 14.7. The van der Waals surface area contributed by atoms with Gasteiger partial charge in [0.1, 0.15) is 0 Å². The van der Waals surface area contributed by atoms with Gasteiger partial charge >= 0.3 is 0 Å². The fourth-order valence-corrected chi connectivity index (χ4v) is 2.69. The summed E-state index contributed by atoms with van der Waals surface area (Å²) >= 11 is 0. The van der Waals surface area contributed by atoms with Crippen molar-refractivity contribution in [1.29, 1.82) is 0 Å². The van der Waals surface area contributed by atoms with E-state index in [0.29, 0.717) is 0 Å². The average Bonchev–Trinajstić information content (AvgIpc) is 2.56. The summed E-state index contributed by atoms with van der Waals surface area (Å²) < 4.78 is 0. The first-order valence-corrected chi connectivity index (χ1v) is 8.50. The van der Waals surface area contributed by atoms with Crippen LogP contribution in [0.5, 0.6) is 0 Å². The molecule has 144 valence electrons. The van der Waals surface area contributed by atoms with Crippen LogP contribution < -0.4 is 16.4 Å². The Hall–Kier alpha value is -0.550. The van der Waals surface area contributed by atoms with Gasteiger partial charge in [0.05, 0.1) is 0 Å². The fraction of sp³-hybridized carbons (Fsp3) is 0.474. The van der Waals surface area contributed by atoms with Crippen LogP contribution in [-0.4, -0.2) is 26.2 Å². The van der Waals surface area contributed by atoms with Crippen LogP contribution in [0.4, 0.5) is 0 Å². The molecule has 0 spiro atoms. The summed E-state index contributed by atoms with van der Waals surface area (Å²) in [6.45, 7) is 5.04. The third-order valence-corrected chi connectivity index (χ3v) is 3.96. The Bertz CT molecular complexity index is 547. The lowest BCUT2D eigenvalue weighted by Gasteiger charge is -2.08. The Morgan fingerprint density at radius 1 is 0.680 bits per heavy atom. The molecule has 0 radical (unpaired) electrons. The molecule has 25 heavy (non-hydrogen) atoms. The maximum absolute atomic E-state index is 5.47. The largest absolute Gasteiger partial charge is 0.330 e. The number of hydrogen-bond donors (Lipinski definition) is 3. The molecule has 0 heterocycles. The van der Waals surface area contributed by atoms with Crippen LogP contribution in [0.3, 0.4) is 0 Å². The highest BCUT2D eigenvalue weighted by molar-refractivity contribution is 5.86. The van der Waals surface area contributed by atoms with Crippen LogP contribution >= 0.6 is 37.2 Å². The molecule has 6 heteroatoms. The van der Waals surface area contributed by atoms with E-state index in [1.807, 2.05) is 0 Å². The topological polar surface area (TPSA) is 50.1 Å². The second kappa shape index (κ2) is 16.9. The number of rotatable bonds is 11. The SMILES string of the molecule is Cl.Cl.Cl.NCCCCNCCCCNCc1cccc2ccccc12. The highest BCUT2D eigenvalue weighted by Gasteiger charge is 1.99. The van der Waals surface area contributed by atoms with E-state index in [1.165, 1.54) is 35.6 Å². The van der Waals surface area contributed by atoms with Crippen molar-refractivity contribution < 1.29 is 0 Å². The van der Waals surface area contributed by atoms with Crippen molar-refractivity contribution in [3.05, 3.63) is 48.0 Å². The van der Waals surface area contributed by atoms with Gasteiger partial charge in [-0.25, -0.2) is 0 Å². The van der Waals surface area contributed by atoms with Crippen molar-refractivity contribution in [2.75, 3.05) is 26.2 Å². The monoisotopic (exact) mass is 407 g/mol. The van der Waals surface area contributed by atoms with Gasteiger partial charge in [-0.05, 0) is 68.2 Å². The van der Waals surface area contributed by atoms with E-state index in [9.17, 15) is 0 Å². The lowest BCUT2D eigenvalue weighted by atomic mass is 10.0. The van der Waals surface area contributed by atoms with Crippen LogP contribution in [0.2, 0.25) is 0 Å². The summed E-state index contributed by atoms with van der Waals surface area (Å²) in [4.78, 5) is 0. The average molecular weight is 409 g/mol. The minimum absolute atomic E-state index is 0. The summed E-state index contributed by atoms with van der Waals surface area (Å²) in [7, 11) is 0. The zero-order chi connectivity index (χ0) is 15.5. The molecular formula is C19H32Cl3N3. The standard InChI is InChI=1S/C19H29N3.3ClH/c20-12-3-4-13-21-14-5-6-15-22-16-18-10-7-9-17-8-1-2-11-19(17)18;;;/h1-2,7-11,21-22H,3-6,12-16,20H2;3*1H. The van der Waals surface area contributed by atoms with Crippen LogP contribution in [-0.2, 0) is 6.54 Å². The van der Waals surface area contributed by atoms with Crippen LogP contribution in [0, 0.1) is 0 Å². The number of fused-ring (bicyclic) bond motifs is 1. The number of nitrogens with one attached hydrogen (secondary N) is 2. The van der Waals surface area contributed by atoms with Gasteiger partial charge in [0, 0.05) is 6.54 Å². The van der Waals surface area contributed by atoms with Gasteiger partial charge in [-0.3, -0.25) is 0 Å². The summed E-state index contributed by atoms with van der Waals surface area (Å²) in [6.07, 6.45) is 4.76. The van der Waals surface area contributed by atoms with Gasteiger partial charge in [-0.15, -0.1) is 37.2 Å². The van der Waals surface area contributed by atoms with E-state index in [0.717, 1.165) is 39.1 Å². The van der Waals surface area contributed by atoms with Gasteiger partial charge in [0.25, 0.3) is 0 Å². The maximum Gasteiger partial charge on any atom is 0.0211 e. The highest BCUT2D eigenvalue weighted by Crippen LogP contribution is 2.18. The van der Waals surface area contributed by atoms with Crippen molar-refractivity contribution in [2.24, 2.45) is 5.73 Å². The molecule has 0 aliphatic heterocycles. The molecule has 0 atom stereocenters. The molecule has 4 N–H and O–H groups in total. The molecular weight excluding hydrogens is 377 g/mol. The van der Waals surface area contributed by atoms with Crippen molar-refractivity contribution in [3.63, 3.8) is 0 Å². The first kappa shape index (κ1) is 26.7. The second-order valence-electron chi connectivity index (χ2n) is 5.77. The molecule has 0 unspecified atom stereocenters. The minimum Gasteiger partial charge on any atom is -0.330 e. The number of unbranched alkanes of at least 4 members (excludes halogenated alkanes) is 2. The Labute approximate surface area is 170 Å². The first-order valence-electron chi connectivity index (χ1n) is 8.50. The molecule has 0 bridgehead atoms. The third-order valence-electron chi connectivity index (χ3n) is 3.96. The highest BCUT2D eigenvalue weighted by atomic mass is 35.5. The summed E-state index contributed by atoms with van der Waals surface area (Å²) in [5.41, 5.74) is 6.86. The molecule has 3 nitrogen and oxygen atoms in total. The van der Waals surface area contributed by atoms with E-state index in [2.05, 4.69) is 53.1 Å². The number of benzene rings is 2. The lowest BCUT2D eigenvalue weighted by molar-refractivity contribution is 0.568. The van der Waals surface area contributed by atoms with Crippen LogP contribution in [0.15, 0.2) is 42.5 Å². The molecule has 0 saturated carbocycles. The van der Waals surface area contributed by atoms with Gasteiger partial charge < -0.3 is 16.4 Å². The van der Waals surface area contributed by atoms with Gasteiger partial charge in [-0.2, -0.15) is 0 Å². The third kappa shape index (κ3) is 10.2. The molecule has 0 amide bonds. The maximum atomic E-state index is 5.47. The second-order valence-corrected chi connectivity index (χ2v) is 5.77. The molecule has 2 aromatic rings. The van der Waals surface area contributed by atoms with Crippen molar-refractivity contribution in [3.8, 4) is 0 Å². The predicted molar refractivity (Wildman–Crippen MR) is 118 cm³/mol. The smallest absolute Gasteiger partial charge is 0.0211 e. The van der Waals surface area contributed by atoms with E-state index in [1.54, 1.807) is 0 Å². The van der Waals surface area contributed by atoms with Gasteiger partial charge in [0.2, 0.25) is 0 Å². The zero-order valence-corrected chi connectivity index (χ0v) is 17.2. The van der Waals surface area contributed by atoms with Crippen molar-refractivity contribution >= 4 is 48.0 Å². The normalized spacial score (nSPS) is 9.80. The quantitative estimate of drug-likeness (QED) is 0.486. The fourth-order valence-electron chi connectivity index (χ4n) is 2.69. The van der Waals surface area contributed by atoms with Crippen molar-refractivity contribution in [1.82, 2.24) is 10.6 Å². The van der Waals surface area contributed by atoms with E-state index >= 15 is 0 Å². The molecule has 2 rings (SSSR count). The molecule has 0 aromatic heterocycles. The Morgan fingerprint density at radius 3 is 2.00 bits per heavy atom. The molecule has 0 aliphatic rings. The Kier molecular flexibility index (Phi) is 18.0. The summed E-state index contributed by atoms with van der Waals surface area (Å²) in [5.74, 6) is 0. The minimum atomic E-state index is 0. The Balaban J connectivity index is 0. The Morgan fingerprint density at radius 2 is 1.28 bits per heavy atom. The predicted octanol–water partition coefficient (Wildman–Crippen LogP) is 4.30. The van der Waals surface area contributed by atoms with E-state index in [4.69, 9.17) is 5.73 Å². The summed E-state index contributed by atoms with van der Waals surface area (Å²) in [6, 6.07) is 15.1. The molecule has 0 fully saturated rings. The van der Waals surface area contributed by atoms with Crippen LogP contribution in [0.25, 0.3) is 10.8 Å². The first-order chi connectivity index (χ1) is 10.9. The number of halogens is 3. The van der Waals surface area contributed by atoms with Gasteiger partial charge in [0.15, 0.2) is 0 Å². The van der Waals surface area contributed by atoms with E-state index < -0.39 is 0 Å².